The van der Waals surface area contributed by atoms with E-state index >= 15 is 0 Å². The number of nitrogens with one attached hydrogen (secondary N) is 1. The summed E-state index contributed by atoms with van der Waals surface area (Å²) in [6.07, 6.45) is 0. The molecule has 1 heterocycles. The zero-order valence-electron chi connectivity index (χ0n) is 8.90. The highest BCUT2D eigenvalue weighted by molar-refractivity contribution is 5.97. The summed E-state index contributed by atoms with van der Waals surface area (Å²) < 4.78 is 9.87. The van der Waals surface area contributed by atoms with Crippen molar-refractivity contribution in [3.63, 3.8) is 0 Å². The lowest BCUT2D eigenvalue weighted by Gasteiger charge is -2.26. The van der Waals surface area contributed by atoms with Crippen molar-refractivity contribution in [3.8, 4) is 11.5 Å². The van der Waals surface area contributed by atoms with Crippen LogP contribution in [-0.2, 0) is 4.74 Å². The Balaban J connectivity index is 2.09. The second-order valence-electron chi connectivity index (χ2n) is 3.59. The third-order valence-corrected chi connectivity index (χ3v) is 2.42. The molecule has 1 aliphatic heterocycles. The topological polar surface area (TPSA) is 67.8 Å². The van der Waals surface area contributed by atoms with Gasteiger partial charge in [-0.15, -0.1) is 0 Å². The summed E-state index contributed by atoms with van der Waals surface area (Å²) in [4.78, 5) is 11.7. The standard InChI is InChI=1S/C11H13NO4/c1-15-8-2-3-9(10(13)4-8)11(14)12-7-5-16-6-7/h2-4,7,13H,5-6H2,1H3,(H,12,14). The van der Waals surface area contributed by atoms with Gasteiger partial charge in [0, 0.05) is 6.07 Å². The number of phenolic OH excluding ortho intramolecular Hbond substituents is 1. The molecule has 0 unspecified atom stereocenters. The van der Waals surface area contributed by atoms with Crippen LogP contribution in [-0.4, -0.2) is 37.4 Å². The molecule has 0 bridgehead atoms. The number of rotatable bonds is 3. The van der Waals surface area contributed by atoms with Crippen molar-refractivity contribution < 1.29 is 19.4 Å². The average Bonchev–Trinajstić information content (AvgIpc) is 2.23. The number of phenols is 1. The van der Waals surface area contributed by atoms with Gasteiger partial charge in [0.15, 0.2) is 0 Å². The second-order valence-corrected chi connectivity index (χ2v) is 3.59. The van der Waals surface area contributed by atoms with Crippen LogP contribution in [0, 0.1) is 0 Å². The van der Waals surface area contributed by atoms with E-state index in [9.17, 15) is 9.90 Å². The Morgan fingerprint density at radius 2 is 2.31 bits per heavy atom. The van der Waals surface area contributed by atoms with E-state index in [-0.39, 0.29) is 23.3 Å². The lowest BCUT2D eigenvalue weighted by Crippen LogP contribution is -2.48. The Bertz CT molecular complexity index is 401. The molecule has 1 aromatic carbocycles. The highest BCUT2D eigenvalue weighted by Crippen LogP contribution is 2.23. The average molecular weight is 223 g/mol. The van der Waals surface area contributed by atoms with E-state index in [2.05, 4.69) is 5.32 Å². The molecule has 1 fully saturated rings. The Kier molecular flexibility index (Phi) is 2.96. The SMILES string of the molecule is COc1ccc(C(=O)NC2COC2)c(O)c1. The first kappa shape index (κ1) is 10.8. The highest BCUT2D eigenvalue weighted by atomic mass is 16.5. The van der Waals surface area contributed by atoms with Crippen LogP contribution in [0.25, 0.3) is 0 Å². The minimum Gasteiger partial charge on any atom is -0.507 e. The number of amides is 1. The summed E-state index contributed by atoms with van der Waals surface area (Å²) in [5.74, 6) is 0.131. The minimum absolute atomic E-state index is 0.0500. The molecule has 5 nitrogen and oxygen atoms in total. The van der Waals surface area contributed by atoms with Gasteiger partial charge in [-0.1, -0.05) is 0 Å². The number of hydrogen-bond donors (Lipinski definition) is 2. The maximum atomic E-state index is 11.7. The molecule has 2 N–H and O–H groups in total. The van der Waals surface area contributed by atoms with Crippen molar-refractivity contribution in [2.24, 2.45) is 0 Å². The second kappa shape index (κ2) is 4.40. The van der Waals surface area contributed by atoms with E-state index in [0.29, 0.717) is 19.0 Å². The van der Waals surface area contributed by atoms with Gasteiger partial charge in [-0.2, -0.15) is 0 Å². The van der Waals surface area contributed by atoms with Crippen LogP contribution in [0.1, 0.15) is 10.4 Å². The highest BCUT2D eigenvalue weighted by Gasteiger charge is 2.22. The van der Waals surface area contributed by atoms with Crippen LogP contribution in [0.4, 0.5) is 0 Å². The molecule has 0 aliphatic carbocycles. The van der Waals surface area contributed by atoms with E-state index < -0.39 is 0 Å². The number of carbonyl (C=O) groups excluding carboxylic acids is 1. The number of aromatic hydroxyl groups is 1. The van der Waals surface area contributed by atoms with Gasteiger partial charge in [-0.3, -0.25) is 4.79 Å². The minimum atomic E-state index is -0.298. The van der Waals surface area contributed by atoms with Crippen molar-refractivity contribution >= 4 is 5.91 Å². The number of methoxy groups -OCH3 is 1. The summed E-state index contributed by atoms with van der Waals surface area (Å²) >= 11 is 0. The first-order valence-electron chi connectivity index (χ1n) is 4.96. The number of hydrogen-bond acceptors (Lipinski definition) is 4. The zero-order chi connectivity index (χ0) is 11.5. The lowest BCUT2D eigenvalue weighted by atomic mass is 10.1. The Morgan fingerprint density at radius 3 is 2.81 bits per heavy atom. The van der Waals surface area contributed by atoms with Gasteiger partial charge in [0.2, 0.25) is 0 Å². The van der Waals surface area contributed by atoms with Gasteiger partial charge in [-0.25, -0.2) is 0 Å². The summed E-state index contributed by atoms with van der Waals surface area (Å²) in [7, 11) is 1.50. The molecule has 86 valence electrons. The van der Waals surface area contributed by atoms with Crippen LogP contribution in [0.15, 0.2) is 18.2 Å². The van der Waals surface area contributed by atoms with Gasteiger partial charge >= 0.3 is 0 Å². The van der Waals surface area contributed by atoms with Crippen molar-refractivity contribution in [1.29, 1.82) is 0 Å². The fourth-order valence-electron chi connectivity index (χ4n) is 1.41. The molecule has 0 aromatic heterocycles. The fraction of sp³-hybridized carbons (Fsp3) is 0.364. The van der Waals surface area contributed by atoms with Gasteiger partial charge in [0.1, 0.15) is 11.5 Å². The Hall–Kier alpha value is -1.75. The monoisotopic (exact) mass is 223 g/mol. The van der Waals surface area contributed by atoms with Crippen LogP contribution < -0.4 is 10.1 Å². The molecule has 2 rings (SSSR count). The molecule has 16 heavy (non-hydrogen) atoms. The molecule has 1 aliphatic rings. The first-order valence-corrected chi connectivity index (χ1v) is 4.96. The predicted octanol–water partition coefficient (Wildman–Crippen LogP) is 0.529. The van der Waals surface area contributed by atoms with E-state index in [1.54, 1.807) is 6.07 Å². The van der Waals surface area contributed by atoms with Crippen LogP contribution in [0.3, 0.4) is 0 Å². The van der Waals surface area contributed by atoms with Crippen molar-refractivity contribution in [1.82, 2.24) is 5.32 Å². The molecule has 1 aromatic rings. The van der Waals surface area contributed by atoms with Crippen LogP contribution >= 0.6 is 0 Å². The van der Waals surface area contributed by atoms with Crippen molar-refractivity contribution in [2.45, 2.75) is 6.04 Å². The van der Waals surface area contributed by atoms with Gasteiger partial charge in [-0.05, 0) is 12.1 Å². The maximum absolute atomic E-state index is 11.7. The largest absolute Gasteiger partial charge is 0.507 e. The molecule has 1 amide bonds. The van der Waals surface area contributed by atoms with Crippen LogP contribution in [0.5, 0.6) is 11.5 Å². The third-order valence-electron chi connectivity index (χ3n) is 2.42. The molecule has 5 heteroatoms. The summed E-state index contributed by atoms with van der Waals surface area (Å²) in [6.45, 7) is 1.06. The number of carbonyl (C=O) groups is 1. The Labute approximate surface area is 93.0 Å². The predicted molar refractivity (Wildman–Crippen MR) is 56.7 cm³/mol. The number of benzene rings is 1. The Morgan fingerprint density at radius 1 is 1.56 bits per heavy atom. The molecule has 0 saturated carbocycles. The molecule has 0 atom stereocenters. The number of ether oxygens (including phenoxy) is 2. The smallest absolute Gasteiger partial charge is 0.255 e. The zero-order valence-corrected chi connectivity index (χ0v) is 8.90. The van der Waals surface area contributed by atoms with E-state index in [4.69, 9.17) is 9.47 Å². The molecular weight excluding hydrogens is 210 g/mol. The molecule has 0 spiro atoms. The first-order chi connectivity index (χ1) is 7.70. The molecule has 1 saturated heterocycles. The van der Waals surface area contributed by atoms with Gasteiger partial charge in [0.25, 0.3) is 5.91 Å². The van der Waals surface area contributed by atoms with E-state index in [0.717, 1.165) is 0 Å². The van der Waals surface area contributed by atoms with Crippen molar-refractivity contribution in [3.05, 3.63) is 23.8 Å². The maximum Gasteiger partial charge on any atom is 0.255 e. The lowest BCUT2D eigenvalue weighted by molar-refractivity contribution is -0.00350. The molecule has 0 radical (unpaired) electrons. The summed E-state index contributed by atoms with van der Waals surface area (Å²) in [5.41, 5.74) is 0.243. The molecular formula is C11H13NO4. The van der Waals surface area contributed by atoms with Gasteiger partial charge < -0.3 is 19.9 Å². The van der Waals surface area contributed by atoms with Crippen LogP contribution in [0.2, 0.25) is 0 Å². The normalized spacial score (nSPS) is 15.3. The third kappa shape index (κ3) is 2.09. The summed E-state index contributed by atoms with van der Waals surface area (Å²) in [6, 6.07) is 4.62. The fourth-order valence-corrected chi connectivity index (χ4v) is 1.41. The van der Waals surface area contributed by atoms with Gasteiger partial charge in [0.05, 0.1) is 31.9 Å². The quantitative estimate of drug-likeness (QED) is 0.784. The van der Waals surface area contributed by atoms with E-state index in [1.165, 1.54) is 19.2 Å². The van der Waals surface area contributed by atoms with Crippen molar-refractivity contribution in [2.75, 3.05) is 20.3 Å². The van der Waals surface area contributed by atoms with E-state index in [1.807, 2.05) is 0 Å². The summed E-state index contributed by atoms with van der Waals surface area (Å²) in [5, 5.41) is 12.4.